The Morgan fingerprint density at radius 3 is 2.37 bits per heavy atom. The van der Waals surface area contributed by atoms with Crippen molar-refractivity contribution in [2.45, 2.75) is 20.0 Å². The first-order valence-electron chi connectivity index (χ1n) is 8.97. The monoisotopic (exact) mass is 360 g/mol. The van der Waals surface area contributed by atoms with Gasteiger partial charge in [0.2, 0.25) is 0 Å². The summed E-state index contributed by atoms with van der Waals surface area (Å²) in [5, 5.41) is 6.57. The summed E-state index contributed by atoms with van der Waals surface area (Å²) in [6.45, 7) is 8.39. The molecule has 1 aromatic heterocycles. The summed E-state index contributed by atoms with van der Waals surface area (Å²) in [5.41, 5.74) is 1.89. The summed E-state index contributed by atoms with van der Waals surface area (Å²) < 4.78 is 5.69. The minimum absolute atomic E-state index is 0.151. The van der Waals surface area contributed by atoms with E-state index >= 15 is 0 Å². The third-order valence-electron chi connectivity index (χ3n) is 3.68. The number of nitrogens with one attached hydrogen (secondary N) is 2. The Morgan fingerprint density at radius 1 is 1.00 bits per heavy atom. The van der Waals surface area contributed by atoms with Crippen molar-refractivity contribution >= 4 is 17.3 Å². The van der Waals surface area contributed by atoms with Gasteiger partial charge in [-0.25, -0.2) is 9.97 Å². The summed E-state index contributed by atoms with van der Waals surface area (Å²) in [4.78, 5) is 9.26. The van der Waals surface area contributed by atoms with E-state index in [4.69, 9.17) is 4.74 Å². The van der Waals surface area contributed by atoms with Crippen LogP contribution in [-0.2, 0) is 0 Å². The molecular formula is C22H24N4O. The van der Waals surface area contributed by atoms with E-state index in [-0.39, 0.29) is 6.10 Å². The van der Waals surface area contributed by atoms with Crippen LogP contribution in [0.5, 0.6) is 5.75 Å². The normalized spacial score (nSPS) is 10.5. The van der Waals surface area contributed by atoms with Gasteiger partial charge in [0, 0.05) is 23.9 Å². The molecule has 2 aromatic carbocycles. The maximum Gasteiger partial charge on any atom is 0.163 e. The minimum atomic E-state index is 0.151. The van der Waals surface area contributed by atoms with E-state index in [0.29, 0.717) is 18.2 Å². The molecule has 0 atom stereocenters. The van der Waals surface area contributed by atoms with Crippen LogP contribution in [0.25, 0.3) is 11.4 Å². The largest absolute Gasteiger partial charge is 0.491 e. The first-order chi connectivity index (χ1) is 13.1. The van der Waals surface area contributed by atoms with Gasteiger partial charge in [-0.15, -0.1) is 6.58 Å². The van der Waals surface area contributed by atoms with E-state index in [1.807, 2.05) is 74.5 Å². The van der Waals surface area contributed by atoms with Gasteiger partial charge in [0.25, 0.3) is 0 Å². The minimum Gasteiger partial charge on any atom is -0.491 e. The molecule has 5 heteroatoms. The van der Waals surface area contributed by atoms with Gasteiger partial charge in [-0.3, -0.25) is 0 Å². The highest BCUT2D eigenvalue weighted by molar-refractivity contribution is 5.65. The van der Waals surface area contributed by atoms with Crippen LogP contribution in [0.1, 0.15) is 13.8 Å². The fraction of sp³-hybridized carbons (Fsp3) is 0.182. The van der Waals surface area contributed by atoms with Gasteiger partial charge in [-0.2, -0.15) is 0 Å². The van der Waals surface area contributed by atoms with E-state index in [9.17, 15) is 0 Å². The molecule has 0 aliphatic rings. The Hall–Kier alpha value is -3.34. The smallest absolute Gasteiger partial charge is 0.163 e. The number of ether oxygens (including phenoxy) is 1. The molecular weight excluding hydrogens is 336 g/mol. The van der Waals surface area contributed by atoms with Crippen molar-refractivity contribution in [3.8, 4) is 17.1 Å². The van der Waals surface area contributed by atoms with Gasteiger partial charge in [0.05, 0.1) is 6.10 Å². The summed E-state index contributed by atoms with van der Waals surface area (Å²) >= 11 is 0. The van der Waals surface area contributed by atoms with Crippen molar-refractivity contribution < 1.29 is 4.74 Å². The average molecular weight is 360 g/mol. The Bertz CT molecular complexity index is 877. The van der Waals surface area contributed by atoms with Crippen molar-refractivity contribution in [1.29, 1.82) is 0 Å². The van der Waals surface area contributed by atoms with Crippen LogP contribution in [0.2, 0.25) is 0 Å². The number of hydrogen-bond acceptors (Lipinski definition) is 5. The summed E-state index contributed by atoms with van der Waals surface area (Å²) in [7, 11) is 0. The predicted octanol–water partition coefficient (Wildman–Crippen LogP) is 5.27. The van der Waals surface area contributed by atoms with Crippen LogP contribution in [0.3, 0.4) is 0 Å². The highest BCUT2D eigenvalue weighted by Crippen LogP contribution is 2.24. The quantitative estimate of drug-likeness (QED) is 0.536. The average Bonchev–Trinajstić information content (AvgIpc) is 2.68. The molecule has 0 radical (unpaired) electrons. The lowest BCUT2D eigenvalue weighted by atomic mass is 10.2. The number of rotatable bonds is 8. The zero-order valence-electron chi connectivity index (χ0n) is 15.6. The van der Waals surface area contributed by atoms with Gasteiger partial charge in [0.15, 0.2) is 5.82 Å². The van der Waals surface area contributed by atoms with Crippen molar-refractivity contribution in [1.82, 2.24) is 9.97 Å². The third kappa shape index (κ3) is 5.31. The second-order valence-electron chi connectivity index (χ2n) is 6.31. The molecule has 5 nitrogen and oxygen atoms in total. The summed E-state index contributed by atoms with van der Waals surface area (Å²) in [5.74, 6) is 2.96. The second kappa shape index (κ2) is 8.85. The molecule has 0 bridgehead atoms. The van der Waals surface area contributed by atoms with Gasteiger partial charge in [0.1, 0.15) is 17.4 Å². The van der Waals surface area contributed by atoms with E-state index in [0.717, 1.165) is 22.8 Å². The fourth-order valence-electron chi connectivity index (χ4n) is 2.53. The highest BCUT2D eigenvalue weighted by Gasteiger charge is 2.07. The van der Waals surface area contributed by atoms with Crippen LogP contribution in [0.4, 0.5) is 17.3 Å². The van der Waals surface area contributed by atoms with Crippen LogP contribution in [0.15, 0.2) is 73.3 Å². The molecule has 0 saturated heterocycles. The molecule has 0 unspecified atom stereocenters. The van der Waals surface area contributed by atoms with Crippen LogP contribution >= 0.6 is 0 Å². The number of aromatic nitrogens is 2. The molecule has 0 aliphatic carbocycles. The molecule has 0 amide bonds. The molecule has 138 valence electrons. The van der Waals surface area contributed by atoms with Crippen LogP contribution in [-0.4, -0.2) is 22.6 Å². The van der Waals surface area contributed by atoms with Crippen molar-refractivity contribution in [3.05, 3.63) is 73.3 Å². The number of hydrogen-bond donors (Lipinski definition) is 2. The lowest BCUT2D eigenvalue weighted by Crippen LogP contribution is -2.06. The number of nitrogens with zero attached hydrogens (tertiary/aromatic N) is 2. The standard InChI is InChI=1S/C22H24N4O/c1-4-14-23-20-15-21(26-22(25-20)17-8-6-5-7-9-17)24-18-10-12-19(13-11-18)27-16(2)3/h4-13,15-16H,1,14H2,2-3H3,(H2,23,24,25,26). The molecule has 0 fully saturated rings. The Balaban J connectivity index is 1.86. The van der Waals surface area contributed by atoms with E-state index in [2.05, 4.69) is 27.2 Å². The first kappa shape index (κ1) is 18.5. The van der Waals surface area contributed by atoms with Crippen molar-refractivity contribution in [3.63, 3.8) is 0 Å². The zero-order valence-corrected chi connectivity index (χ0v) is 15.6. The summed E-state index contributed by atoms with van der Waals surface area (Å²) in [6.07, 6.45) is 1.95. The van der Waals surface area contributed by atoms with Crippen molar-refractivity contribution in [2.75, 3.05) is 17.2 Å². The number of anilines is 3. The SMILES string of the molecule is C=CCNc1cc(Nc2ccc(OC(C)C)cc2)nc(-c2ccccc2)n1. The van der Waals surface area contributed by atoms with Gasteiger partial charge < -0.3 is 15.4 Å². The highest BCUT2D eigenvalue weighted by atomic mass is 16.5. The first-order valence-corrected chi connectivity index (χ1v) is 8.97. The lowest BCUT2D eigenvalue weighted by Gasteiger charge is -2.12. The maximum absolute atomic E-state index is 5.69. The molecule has 0 saturated carbocycles. The van der Waals surface area contributed by atoms with E-state index < -0.39 is 0 Å². The van der Waals surface area contributed by atoms with Gasteiger partial charge in [-0.1, -0.05) is 36.4 Å². The van der Waals surface area contributed by atoms with Gasteiger partial charge >= 0.3 is 0 Å². The van der Waals surface area contributed by atoms with E-state index in [1.54, 1.807) is 6.08 Å². The number of benzene rings is 2. The second-order valence-corrected chi connectivity index (χ2v) is 6.31. The molecule has 0 aliphatic heterocycles. The molecule has 3 rings (SSSR count). The molecule has 27 heavy (non-hydrogen) atoms. The molecule has 2 N–H and O–H groups in total. The van der Waals surface area contributed by atoms with Crippen molar-refractivity contribution in [2.24, 2.45) is 0 Å². The van der Waals surface area contributed by atoms with Crippen LogP contribution in [0, 0.1) is 0 Å². The van der Waals surface area contributed by atoms with Crippen LogP contribution < -0.4 is 15.4 Å². The zero-order chi connectivity index (χ0) is 19.1. The van der Waals surface area contributed by atoms with E-state index in [1.165, 1.54) is 0 Å². The topological polar surface area (TPSA) is 59.1 Å². The molecule has 1 heterocycles. The molecule has 0 spiro atoms. The third-order valence-corrected chi connectivity index (χ3v) is 3.68. The maximum atomic E-state index is 5.69. The summed E-state index contributed by atoms with van der Waals surface area (Å²) in [6, 6.07) is 19.6. The Kier molecular flexibility index (Phi) is 6.05. The molecule has 3 aromatic rings. The Morgan fingerprint density at radius 2 is 1.70 bits per heavy atom. The Labute approximate surface area is 160 Å². The lowest BCUT2D eigenvalue weighted by molar-refractivity contribution is 0.242. The fourth-order valence-corrected chi connectivity index (χ4v) is 2.53. The van der Waals surface area contributed by atoms with Gasteiger partial charge in [-0.05, 0) is 38.1 Å². The predicted molar refractivity (Wildman–Crippen MR) is 112 cm³/mol.